The Hall–Kier alpha value is -2.28. The molecule has 0 unspecified atom stereocenters. The van der Waals surface area contributed by atoms with Gasteiger partial charge in [-0.3, -0.25) is 0 Å². The Kier molecular flexibility index (Phi) is 5.20. The Labute approximate surface area is 145 Å². The van der Waals surface area contributed by atoms with Gasteiger partial charge in [-0.2, -0.15) is 0 Å². The fraction of sp³-hybridized carbons (Fsp3) is 0.304. The summed E-state index contributed by atoms with van der Waals surface area (Å²) >= 11 is 0. The molecule has 1 nitrogen and oxygen atoms in total. The molecule has 2 N–H and O–H groups in total. The van der Waals surface area contributed by atoms with Crippen molar-refractivity contribution in [2.45, 2.75) is 46.0 Å². The molecule has 2 aromatic carbocycles. The molecule has 0 spiro atoms. The largest absolute Gasteiger partial charge is 0.399 e. The first-order valence-electron chi connectivity index (χ1n) is 9.00. The SMILES string of the molecule is CCc1cccc(CC2=CC=C(Cc3ccc(N)c(CC)c3)C2)c1. The predicted octanol–water partition coefficient (Wildman–Crippen LogP) is 5.44. The van der Waals surface area contributed by atoms with Crippen molar-refractivity contribution in [1.29, 1.82) is 0 Å². The van der Waals surface area contributed by atoms with Crippen LogP contribution in [-0.4, -0.2) is 0 Å². The maximum absolute atomic E-state index is 6.01. The van der Waals surface area contributed by atoms with Crippen LogP contribution >= 0.6 is 0 Å². The fourth-order valence-corrected chi connectivity index (χ4v) is 3.45. The van der Waals surface area contributed by atoms with Gasteiger partial charge in [0.1, 0.15) is 0 Å². The number of nitrogen functional groups attached to an aromatic ring is 1. The summed E-state index contributed by atoms with van der Waals surface area (Å²) in [6, 6.07) is 15.4. The lowest BCUT2D eigenvalue weighted by molar-refractivity contribution is 0.987. The smallest absolute Gasteiger partial charge is 0.0346 e. The van der Waals surface area contributed by atoms with Gasteiger partial charge in [-0.1, -0.05) is 73.5 Å². The number of rotatable bonds is 6. The molecule has 24 heavy (non-hydrogen) atoms. The summed E-state index contributed by atoms with van der Waals surface area (Å²) in [4.78, 5) is 0. The lowest BCUT2D eigenvalue weighted by Gasteiger charge is -2.09. The normalized spacial score (nSPS) is 13.8. The molecule has 0 saturated carbocycles. The minimum absolute atomic E-state index is 0.913. The second kappa shape index (κ2) is 7.53. The van der Waals surface area contributed by atoms with Crippen molar-refractivity contribution >= 4 is 5.69 Å². The van der Waals surface area contributed by atoms with E-state index in [1.807, 2.05) is 6.07 Å². The van der Waals surface area contributed by atoms with Gasteiger partial charge in [-0.05, 0) is 60.4 Å². The average Bonchev–Trinajstić information content (AvgIpc) is 3.03. The van der Waals surface area contributed by atoms with Crippen LogP contribution in [0.15, 0.2) is 65.8 Å². The lowest BCUT2D eigenvalue weighted by atomic mass is 9.96. The van der Waals surface area contributed by atoms with E-state index in [0.717, 1.165) is 37.8 Å². The molecule has 0 fully saturated rings. The van der Waals surface area contributed by atoms with Gasteiger partial charge in [0, 0.05) is 5.69 Å². The highest BCUT2D eigenvalue weighted by Crippen LogP contribution is 2.26. The van der Waals surface area contributed by atoms with E-state index in [2.05, 4.69) is 62.4 Å². The van der Waals surface area contributed by atoms with Crippen molar-refractivity contribution in [2.75, 3.05) is 5.73 Å². The summed E-state index contributed by atoms with van der Waals surface area (Å²) in [6.07, 6.45) is 9.91. The van der Waals surface area contributed by atoms with Crippen LogP contribution in [0.3, 0.4) is 0 Å². The number of hydrogen-bond acceptors (Lipinski definition) is 1. The van der Waals surface area contributed by atoms with Crippen molar-refractivity contribution in [2.24, 2.45) is 0 Å². The molecule has 0 saturated heterocycles. The number of allylic oxidation sites excluding steroid dienone is 4. The van der Waals surface area contributed by atoms with Crippen LogP contribution in [0.5, 0.6) is 0 Å². The molecular formula is C23H27N. The zero-order valence-electron chi connectivity index (χ0n) is 14.8. The van der Waals surface area contributed by atoms with Crippen molar-refractivity contribution in [3.63, 3.8) is 0 Å². The summed E-state index contributed by atoms with van der Waals surface area (Å²) < 4.78 is 0. The Morgan fingerprint density at radius 1 is 0.792 bits per heavy atom. The molecule has 0 radical (unpaired) electrons. The standard InChI is InChI=1S/C23H27N/c1-3-17-6-5-7-18(12-17)13-19-8-9-20(14-19)15-21-10-11-23(24)22(4-2)16-21/h5-12,16H,3-4,13-15,24H2,1-2H3. The molecular weight excluding hydrogens is 290 g/mol. The topological polar surface area (TPSA) is 26.0 Å². The predicted molar refractivity (Wildman–Crippen MR) is 104 cm³/mol. The number of benzene rings is 2. The summed E-state index contributed by atoms with van der Waals surface area (Å²) in [5.41, 5.74) is 15.4. The van der Waals surface area contributed by atoms with Gasteiger partial charge in [0.15, 0.2) is 0 Å². The van der Waals surface area contributed by atoms with Crippen LogP contribution in [0.1, 0.15) is 42.5 Å². The number of aryl methyl sites for hydroxylation is 2. The van der Waals surface area contributed by atoms with E-state index in [0.29, 0.717) is 0 Å². The minimum Gasteiger partial charge on any atom is -0.399 e. The summed E-state index contributed by atoms with van der Waals surface area (Å²) in [5, 5.41) is 0. The van der Waals surface area contributed by atoms with Crippen molar-refractivity contribution in [3.05, 3.63) is 88.0 Å². The van der Waals surface area contributed by atoms with E-state index in [1.165, 1.54) is 33.4 Å². The van der Waals surface area contributed by atoms with Gasteiger partial charge in [-0.25, -0.2) is 0 Å². The number of anilines is 1. The molecule has 0 bridgehead atoms. The molecule has 0 amide bonds. The van der Waals surface area contributed by atoms with Gasteiger partial charge in [-0.15, -0.1) is 0 Å². The molecule has 0 aromatic heterocycles. The number of nitrogens with two attached hydrogens (primary N) is 1. The third kappa shape index (κ3) is 3.97. The zero-order valence-corrected chi connectivity index (χ0v) is 14.8. The molecule has 1 aliphatic rings. The molecule has 0 atom stereocenters. The lowest BCUT2D eigenvalue weighted by Crippen LogP contribution is -1.97. The van der Waals surface area contributed by atoms with Crippen LogP contribution < -0.4 is 5.73 Å². The van der Waals surface area contributed by atoms with E-state index in [1.54, 1.807) is 0 Å². The van der Waals surface area contributed by atoms with E-state index < -0.39 is 0 Å². The molecule has 1 heteroatoms. The zero-order chi connectivity index (χ0) is 16.9. The Bertz CT molecular complexity index is 780. The molecule has 124 valence electrons. The molecule has 3 rings (SSSR count). The first-order valence-corrected chi connectivity index (χ1v) is 9.00. The Balaban J connectivity index is 1.60. The molecule has 2 aromatic rings. The fourth-order valence-electron chi connectivity index (χ4n) is 3.45. The maximum Gasteiger partial charge on any atom is 0.0346 e. The van der Waals surface area contributed by atoms with E-state index in [9.17, 15) is 0 Å². The van der Waals surface area contributed by atoms with E-state index in [-0.39, 0.29) is 0 Å². The second-order valence-corrected chi connectivity index (χ2v) is 6.74. The van der Waals surface area contributed by atoms with Crippen LogP contribution in [0.2, 0.25) is 0 Å². The summed E-state index contributed by atoms with van der Waals surface area (Å²) in [7, 11) is 0. The van der Waals surface area contributed by atoms with E-state index in [4.69, 9.17) is 5.73 Å². The summed E-state index contributed by atoms with van der Waals surface area (Å²) in [5.74, 6) is 0. The first-order chi connectivity index (χ1) is 11.7. The number of hydrogen-bond donors (Lipinski definition) is 1. The van der Waals surface area contributed by atoms with Crippen molar-refractivity contribution in [3.8, 4) is 0 Å². The van der Waals surface area contributed by atoms with Crippen LogP contribution in [-0.2, 0) is 25.7 Å². The first kappa shape index (κ1) is 16.6. The monoisotopic (exact) mass is 317 g/mol. The highest BCUT2D eigenvalue weighted by molar-refractivity contribution is 5.49. The van der Waals surface area contributed by atoms with Gasteiger partial charge >= 0.3 is 0 Å². The highest BCUT2D eigenvalue weighted by atomic mass is 14.6. The minimum atomic E-state index is 0.913. The van der Waals surface area contributed by atoms with Gasteiger partial charge < -0.3 is 5.73 Å². The maximum atomic E-state index is 6.01. The average molecular weight is 317 g/mol. The van der Waals surface area contributed by atoms with Crippen LogP contribution in [0.4, 0.5) is 5.69 Å². The van der Waals surface area contributed by atoms with Gasteiger partial charge in [0.25, 0.3) is 0 Å². The van der Waals surface area contributed by atoms with Gasteiger partial charge in [0.05, 0.1) is 0 Å². The highest BCUT2D eigenvalue weighted by Gasteiger charge is 2.11. The Morgan fingerprint density at radius 2 is 1.46 bits per heavy atom. The van der Waals surface area contributed by atoms with Crippen molar-refractivity contribution in [1.82, 2.24) is 0 Å². The third-order valence-corrected chi connectivity index (χ3v) is 4.86. The quantitative estimate of drug-likeness (QED) is 0.706. The Morgan fingerprint density at radius 3 is 2.12 bits per heavy atom. The summed E-state index contributed by atoms with van der Waals surface area (Å²) in [6.45, 7) is 4.37. The van der Waals surface area contributed by atoms with Gasteiger partial charge in [0.2, 0.25) is 0 Å². The third-order valence-electron chi connectivity index (χ3n) is 4.86. The molecule has 1 aliphatic carbocycles. The van der Waals surface area contributed by atoms with Crippen molar-refractivity contribution < 1.29 is 0 Å². The van der Waals surface area contributed by atoms with Crippen LogP contribution in [0, 0.1) is 0 Å². The van der Waals surface area contributed by atoms with E-state index >= 15 is 0 Å². The van der Waals surface area contributed by atoms with Crippen LogP contribution in [0.25, 0.3) is 0 Å². The molecule has 0 aliphatic heterocycles. The molecule has 0 heterocycles. The second-order valence-electron chi connectivity index (χ2n) is 6.74.